The number of nitrogens with zero attached hydrogens (tertiary/aromatic N) is 3. The van der Waals surface area contributed by atoms with Gasteiger partial charge in [-0.15, -0.1) is 0 Å². The third-order valence-electron chi connectivity index (χ3n) is 3.95. The van der Waals surface area contributed by atoms with Crippen molar-refractivity contribution in [1.82, 2.24) is 9.97 Å². The summed E-state index contributed by atoms with van der Waals surface area (Å²) in [6, 6.07) is 0. The Balaban J connectivity index is -0.000000581. The first-order chi connectivity index (χ1) is 15.5. The molecule has 19 heteroatoms. The summed E-state index contributed by atoms with van der Waals surface area (Å²) in [7, 11) is 0. The van der Waals surface area contributed by atoms with Crippen LogP contribution in [0.1, 0.15) is 18.1 Å². The molecule has 11 nitrogen and oxygen atoms in total. The maximum atomic E-state index is 13.6. The maximum absolute atomic E-state index is 13.6. The van der Waals surface area contributed by atoms with Gasteiger partial charge in [0.2, 0.25) is 5.75 Å². The quantitative estimate of drug-likeness (QED) is 0.114. The molecule has 0 unspecified atom stereocenters. The van der Waals surface area contributed by atoms with E-state index < -0.39 is 40.7 Å². The van der Waals surface area contributed by atoms with Crippen LogP contribution in [0.4, 0.5) is 20.4 Å². The van der Waals surface area contributed by atoms with Gasteiger partial charge in [0.1, 0.15) is 4.60 Å². The number of pyridine rings is 2. The standard InChI is InChI=1S/C10H10BrFN2O5.C8H6BrFN2O2.Ca.2ClH.Fe/c1-3-18-6(15)4-19-8-5(2)7(12)9(11)13-10(8)14(16)17;1-3-5(10)7(9)12-8-6(3)14-2-4(13)11-8;;;;/h3-4H2,1-2H3;2H2,1H3,(H,11,12,13);;2*1H;/q;;+2;;;/p-2. The van der Waals surface area contributed by atoms with Crippen molar-refractivity contribution in [3.8, 4) is 11.5 Å². The second kappa shape index (κ2) is 18.7. The van der Waals surface area contributed by atoms with Crippen molar-refractivity contribution in [3.63, 3.8) is 0 Å². The Kier molecular flexibility index (Phi) is 20.6. The van der Waals surface area contributed by atoms with E-state index in [4.69, 9.17) is 9.47 Å². The number of anilines is 1. The molecule has 0 saturated carbocycles. The average Bonchev–Trinajstić information content (AvgIpc) is 2.75. The minimum Gasteiger partial charge on any atom is -1.00 e. The van der Waals surface area contributed by atoms with Crippen molar-refractivity contribution in [2.24, 2.45) is 0 Å². The van der Waals surface area contributed by atoms with Crippen molar-refractivity contribution in [1.29, 1.82) is 0 Å². The van der Waals surface area contributed by atoms with Gasteiger partial charge in [-0.3, -0.25) is 4.79 Å². The molecule has 1 N–H and O–H groups in total. The van der Waals surface area contributed by atoms with Crippen LogP contribution < -0.4 is 39.6 Å². The fourth-order valence-corrected chi connectivity index (χ4v) is 3.38. The molecule has 2 aromatic heterocycles. The van der Waals surface area contributed by atoms with Gasteiger partial charge in [0.25, 0.3) is 10.5 Å². The third kappa shape index (κ3) is 10.8. The van der Waals surface area contributed by atoms with E-state index in [1.54, 1.807) is 13.8 Å². The number of hydrogen-bond acceptors (Lipinski definition) is 9. The summed E-state index contributed by atoms with van der Waals surface area (Å²) in [5, 5.41) is 13.3. The number of nitrogens with one attached hydrogen (secondary N) is 1. The molecule has 0 aliphatic carbocycles. The van der Waals surface area contributed by atoms with Gasteiger partial charge in [-0.1, -0.05) is 0 Å². The van der Waals surface area contributed by atoms with Gasteiger partial charge in [0, 0.05) is 44.1 Å². The molecule has 0 saturated heterocycles. The molecule has 2 aromatic rings. The van der Waals surface area contributed by atoms with E-state index in [1.807, 2.05) is 0 Å². The van der Waals surface area contributed by atoms with Crippen LogP contribution in [0.5, 0.6) is 11.5 Å². The molecule has 0 atom stereocenters. The zero-order chi connectivity index (χ0) is 24.9. The number of halogens is 6. The second-order valence-corrected chi connectivity index (χ2v) is 7.70. The zero-order valence-electron chi connectivity index (χ0n) is 19.1. The van der Waals surface area contributed by atoms with Crippen LogP contribution in [-0.2, 0) is 31.4 Å². The van der Waals surface area contributed by atoms with E-state index in [0.717, 1.165) is 0 Å². The van der Waals surface area contributed by atoms with Crippen LogP contribution in [0.2, 0.25) is 0 Å². The minimum absolute atomic E-state index is 0. The van der Waals surface area contributed by atoms with Crippen LogP contribution in [0.15, 0.2) is 9.21 Å². The van der Waals surface area contributed by atoms with Crippen LogP contribution in [0.3, 0.4) is 0 Å². The topological polar surface area (TPSA) is 143 Å². The first kappa shape index (κ1) is 40.9. The van der Waals surface area contributed by atoms with E-state index in [-0.39, 0.29) is 119 Å². The predicted molar refractivity (Wildman–Crippen MR) is 122 cm³/mol. The number of amides is 1. The van der Waals surface area contributed by atoms with Crippen molar-refractivity contribution in [3.05, 3.63) is 42.1 Å². The second-order valence-electron chi connectivity index (χ2n) is 6.20. The summed E-state index contributed by atoms with van der Waals surface area (Å²) in [5.74, 6) is -2.77. The summed E-state index contributed by atoms with van der Waals surface area (Å²) in [4.78, 5) is 39.3. The first-order valence-corrected chi connectivity index (χ1v) is 10.6. The molecule has 1 aliphatic rings. The van der Waals surface area contributed by atoms with Crippen molar-refractivity contribution in [2.75, 3.05) is 25.1 Å². The molecule has 37 heavy (non-hydrogen) atoms. The van der Waals surface area contributed by atoms with Gasteiger partial charge in [0.15, 0.2) is 36.4 Å². The van der Waals surface area contributed by atoms with Gasteiger partial charge in [0.05, 0.1) is 6.61 Å². The monoisotopic (exact) mass is 762 g/mol. The fourth-order valence-electron chi connectivity index (χ4n) is 2.44. The summed E-state index contributed by atoms with van der Waals surface area (Å²) in [6.07, 6.45) is 0. The van der Waals surface area contributed by atoms with Crippen molar-refractivity contribution < 1.29 is 79.4 Å². The van der Waals surface area contributed by atoms with E-state index >= 15 is 0 Å². The number of fused-ring (bicyclic) bond motifs is 1. The molecule has 0 bridgehead atoms. The van der Waals surface area contributed by atoms with Gasteiger partial charge in [-0.05, 0) is 46.6 Å². The molecule has 0 radical (unpaired) electrons. The SMILES string of the molecule is CCOC(=O)COc1c([N+](=O)[O-])nc(Br)c(F)c1C.Cc1c(F)c(Br)nc2c1OCC(=O)N2.[Ca+2].[Cl-].[Cl-].[Fe]. The molecular formula is C18H16Br2CaCl2F2FeN4O7. The molecule has 3 rings (SSSR count). The molecule has 0 spiro atoms. The van der Waals surface area contributed by atoms with Crippen LogP contribution in [0, 0.1) is 35.6 Å². The van der Waals surface area contributed by atoms with Crippen molar-refractivity contribution in [2.45, 2.75) is 20.8 Å². The Labute approximate surface area is 279 Å². The Morgan fingerprint density at radius 2 is 1.70 bits per heavy atom. The summed E-state index contributed by atoms with van der Waals surface area (Å²) < 4.78 is 41.3. The Morgan fingerprint density at radius 3 is 2.24 bits per heavy atom. The summed E-state index contributed by atoms with van der Waals surface area (Å²) in [5.41, 5.74) is 0.222. The van der Waals surface area contributed by atoms with Gasteiger partial charge in [-0.2, -0.15) is 0 Å². The van der Waals surface area contributed by atoms with Crippen LogP contribution >= 0.6 is 31.9 Å². The largest absolute Gasteiger partial charge is 2.00 e. The Morgan fingerprint density at radius 1 is 1.16 bits per heavy atom. The van der Waals surface area contributed by atoms with Crippen molar-refractivity contribution >= 4 is 93.1 Å². The molecule has 0 fully saturated rings. The average molecular weight is 765 g/mol. The van der Waals surface area contributed by atoms with Crippen LogP contribution in [-0.4, -0.2) is 84.3 Å². The molecule has 1 amide bonds. The number of ether oxygens (including phenoxy) is 3. The first-order valence-electron chi connectivity index (χ1n) is 9.04. The fraction of sp³-hybridized carbons (Fsp3) is 0.333. The number of carbonyl (C=O) groups excluding carboxylic acids is 2. The zero-order valence-corrected chi connectivity index (χ0v) is 27.1. The third-order valence-corrected chi connectivity index (χ3v) is 5.00. The maximum Gasteiger partial charge on any atom is 2.00 e. The Bertz CT molecular complexity index is 1140. The van der Waals surface area contributed by atoms with Gasteiger partial charge < -0.3 is 54.5 Å². The Hall–Kier alpha value is -0.581. The molecule has 202 valence electrons. The van der Waals surface area contributed by atoms with E-state index in [0.29, 0.717) is 11.3 Å². The number of rotatable bonds is 5. The molecule has 0 aromatic carbocycles. The molecule has 1 aliphatic heterocycles. The number of aromatic nitrogens is 2. The van der Waals surface area contributed by atoms with E-state index in [1.165, 1.54) is 6.92 Å². The van der Waals surface area contributed by atoms with Gasteiger partial charge in [-0.25, -0.2) is 18.6 Å². The number of carbonyl (C=O) groups is 2. The minimum atomic E-state index is -0.822. The summed E-state index contributed by atoms with van der Waals surface area (Å²) in [6.45, 7) is 3.95. The predicted octanol–water partition coefficient (Wildman–Crippen LogP) is -2.61. The summed E-state index contributed by atoms with van der Waals surface area (Å²) >= 11 is 5.72. The molecule has 3 heterocycles. The number of hydrogen-bond donors (Lipinski definition) is 1. The number of nitro groups is 1. The number of esters is 1. The van der Waals surface area contributed by atoms with E-state index in [2.05, 4.69) is 51.9 Å². The smallest absolute Gasteiger partial charge is 1.00 e. The van der Waals surface area contributed by atoms with Crippen LogP contribution in [0.25, 0.3) is 0 Å². The normalized spacial score (nSPS) is 10.6. The van der Waals surface area contributed by atoms with Gasteiger partial charge >= 0.3 is 49.5 Å². The molecular weight excluding hydrogens is 749 g/mol. The van der Waals surface area contributed by atoms with E-state index in [9.17, 15) is 28.5 Å².